The molecule has 0 aliphatic heterocycles. The zero-order valence-electron chi connectivity index (χ0n) is 15.1. The van der Waals surface area contributed by atoms with Crippen LogP contribution in [0.25, 0.3) is 22.2 Å². The summed E-state index contributed by atoms with van der Waals surface area (Å²) in [6.07, 6.45) is -2.82. The molecule has 1 amide bonds. The van der Waals surface area contributed by atoms with Crippen molar-refractivity contribution < 1.29 is 31.8 Å². The van der Waals surface area contributed by atoms with Crippen LogP contribution in [-0.2, 0) is 7.05 Å². The number of amides is 1. The number of ether oxygens (including phenoxy) is 2. The van der Waals surface area contributed by atoms with Crippen LogP contribution < -0.4 is 15.2 Å². The van der Waals surface area contributed by atoms with Gasteiger partial charge >= 0.3 is 6.61 Å². The smallest absolute Gasteiger partial charge is 0.387 e. The number of aromatic nitrogens is 2. The van der Waals surface area contributed by atoms with Crippen LogP contribution in [0.5, 0.6) is 11.5 Å². The van der Waals surface area contributed by atoms with Crippen molar-refractivity contribution >= 4 is 32.7 Å². The number of rotatable bonds is 6. The Labute approximate surface area is 170 Å². The van der Waals surface area contributed by atoms with Crippen molar-refractivity contribution in [3.63, 3.8) is 0 Å². The van der Waals surface area contributed by atoms with Gasteiger partial charge in [-0.2, -0.15) is 13.9 Å². The molecule has 1 heterocycles. The Morgan fingerprint density at radius 2 is 1.83 bits per heavy atom. The van der Waals surface area contributed by atoms with Crippen LogP contribution in [0.1, 0.15) is 22.3 Å². The molecule has 29 heavy (non-hydrogen) atoms. The summed E-state index contributed by atoms with van der Waals surface area (Å²) in [6.45, 7) is -3.25. The zero-order valence-corrected chi connectivity index (χ0v) is 16.6. The molecule has 6 nitrogen and oxygen atoms in total. The van der Waals surface area contributed by atoms with Gasteiger partial charge < -0.3 is 15.2 Å². The molecule has 0 aliphatic carbocycles. The van der Waals surface area contributed by atoms with E-state index >= 15 is 0 Å². The SMILES string of the molecule is COc1cc(-c2c3c(C(F)F)cc(Br)cc3nn2C)cc(OC(F)F)c1C(N)=O. The quantitative estimate of drug-likeness (QED) is 0.526. The number of aryl methyl sites for hydroxylation is 1. The van der Waals surface area contributed by atoms with Crippen LogP contribution in [0.3, 0.4) is 0 Å². The fourth-order valence-corrected chi connectivity index (χ4v) is 3.61. The van der Waals surface area contributed by atoms with Gasteiger partial charge in [0.05, 0.1) is 18.3 Å². The molecule has 0 aliphatic rings. The third kappa shape index (κ3) is 3.86. The number of methoxy groups -OCH3 is 1. The summed E-state index contributed by atoms with van der Waals surface area (Å²) in [7, 11) is 2.72. The minimum Gasteiger partial charge on any atom is -0.496 e. The molecule has 2 N–H and O–H groups in total. The maximum atomic E-state index is 13.7. The summed E-state index contributed by atoms with van der Waals surface area (Å²) in [6, 6.07) is 5.24. The number of fused-ring (bicyclic) bond motifs is 1. The first-order chi connectivity index (χ1) is 13.6. The Morgan fingerprint density at radius 1 is 1.17 bits per heavy atom. The molecule has 3 rings (SSSR count). The molecular formula is C18H14BrF4N3O3. The number of carbonyl (C=O) groups is 1. The van der Waals surface area contributed by atoms with Crippen molar-refractivity contribution in [3.8, 4) is 22.8 Å². The lowest BCUT2D eigenvalue weighted by Crippen LogP contribution is -2.16. The summed E-state index contributed by atoms with van der Waals surface area (Å²) in [5, 5.41) is 4.36. The van der Waals surface area contributed by atoms with Gasteiger partial charge in [0.15, 0.2) is 0 Å². The minimum absolute atomic E-state index is 0.127. The first-order valence-electron chi connectivity index (χ1n) is 8.05. The largest absolute Gasteiger partial charge is 0.496 e. The number of nitrogens with two attached hydrogens (primary N) is 1. The van der Waals surface area contributed by atoms with E-state index in [9.17, 15) is 22.4 Å². The molecule has 0 radical (unpaired) electrons. The lowest BCUT2D eigenvalue weighted by molar-refractivity contribution is -0.0502. The Bertz CT molecular complexity index is 1100. The molecule has 3 aromatic rings. The zero-order chi connectivity index (χ0) is 21.5. The van der Waals surface area contributed by atoms with Crippen molar-refractivity contribution in [1.82, 2.24) is 9.78 Å². The standard InChI is InChI=1S/C18H14BrF4N3O3/c1-26-15(13-9(16(20)21)5-8(19)6-10(13)25-26)7-3-11(28-2)14(17(24)27)12(4-7)29-18(22)23/h3-6,16,18H,1-2H3,(H2,24,27). The highest BCUT2D eigenvalue weighted by atomic mass is 79.9. The van der Waals surface area contributed by atoms with E-state index in [1.165, 1.54) is 31.0 Å². The molecule has 0 unspecified atom stereocenters. The third-order valence-corrected chi connectivity index (χ3v) is 4.65. The molecule has 2 aromatic carbocycles. The van der Waals surface area contributed by atoms with Crippen molar-refractivity contribution in [3.05, 3.63) is 39.9 Å². The van der Waals surface area contributed by atoms with Crippen LogP contribution in [0.4, 0.5) is 17.6 Å². The Hall–Kier alpha value is -2.82. The second-order valence-electron chi connectivity index (χ2n) is 5.96. The van der Waals surface area contributed by atoms with Gasteiger partial charge in [0.2, 0.25) is 0 Å². The van der Waals surface area contributed by atoms with E-state index in [1.807, 2.05) is 0 Å². The molecule has 0 spiro atoms. The molecule has 154 valence electrons. The monoisotopic (exact) mass is 475 g/mol. The van der Waals surface area contributed by atoms with Crippen LogP contribution in [0, 0.1) is 0 Å². The summed E-state index contributed by atoms with van der Waals surface area (Å²) >= 11 is 3.17. The molecular weight excluding hydrogens is 462 g/mol. The number of nitrogens with zero attached hydrogens (tertiary/aromatic N) is 2. The third-order valence-electron chi connectivity index (χ3n) is 4.19. The average Bonchev–Trinajstić information content (AvgIpc) is 2.94. The molecule has 11 heteroatoms. The predicted octanol–water partition coefficient (Wildman–Crippen LogP) is 4.65. The highest BCUT2D eigenvalue weighted by Crippen LogP contribution is 2.41. The second-order valence-corrected chi connectivity index (χ2v) is 6.87. The summed E-state index contributed by atoms with van der Waals surface area (Å²) < 4.78 is 64.4. The fraction of sp³-hybridized carbons (Fsp3) is 0.222. The number of alkyl halides is 4. The molecule has 0 saturated heterocycles. The normalized spacial score (nSPS) is 11.5. The van der Waals surface area contributed by atoms with Crippen molar-refractivity contribution in [2.75, 3.05) is 7.11 Å². The lowest BCUT2D eigenvalue weighted by atomic mass is 10.0. The van der Waals surface area contributed by atoms with Crippen molar-refractivity contribution in [1.29, 1.82) is 0 Å². The van der Waals surface area contributed by atoms with E-state index in [2.05, 4.69) is 25.8 Å². The number of primary amides is 1. The maximum Gasteiger partial charge on any atom is 0.387 e. The number of halogens is 5. The van der Waals surface area contributed by atoms with E-state index in [1.54, 1.807) is 6.07 Å². The number of hydrogen-bond donors (Lipinski definition) is 1. The first kappa shape index (κ1) is 20.9. The molecule has 0 saturated carbocycles. The van der Waals surface area contributed by atoms with Crippen LogP contribution in [0.15, 0.2) is 28.7 Å². The number of carbonyl (C=O) groups excluding carboxylic acids is 1. The molecule has 0 fully saturated rings. The van der Waals surface area contributed by atoms with Crippen molar-refractivity contribution in [2.24, 2.45) is 12.8 Å². The van der Waals surface area contributed by atoms with E-state index in [4.69, 9.17) is 10.5 Å². The van der Waals surface area contributed by atoms with E-state index in [-0.39, 0.29) is 39.0 Å². The van der Waals surface area contributed by atoms with Gasteiger partial charge in [-0.05, 0) is 24.3 Å². The molecule has 1 aromatic heterocycles. The summed E-state index contributed by atoms with van der Waals surface area (Å²) in [4.78, 5) is 11.7. The van der Waals surface area contributed by atoms with Gasteiger partial charge in [-0.1, -0.05) is 15.9 Å². The Kier molecular flexibility index (Phi) is 5.69. The van der Waals surface area contributed by atoms with Gasteiger partial charge in [-0.15, -0.1) is 0 Å². The predicted molar refractivity (Wildman–Crippen MR) is 101 cm³/mol. The average molecular weight is 476 g/mol. The van der Waals surface area contributed by atoms with E-state index < -0.39 is 24.7 Å². The van der Waals surface area contributed by atoms with E-state index in [0.717, 1.165) is 6.07 Å². The number of benzene rings is 2. The minimum atomic E-state index is -3.25. The molecule has 0 atom stereocenters. The van der Waals surface area contributed by atoms with Crippen molar-refractivity contribution in [2.45, 2.75) is 13.0 Å². The second kappa shape index (κ2) is 7.90. The Balaban J connectivity index is 2.38. The number of hydrogen-bond acceptors (Lipinski definition) is 4. The first-order valence-corrected chi connectivity index (χ1v) is 8.84. The van der Waals surface area contributed by atoms with Gasteiger partial charge in [0.25, 0.3) is 12.3 Å². The van der Waals surface area contributed by atoms with Crippen LogP contribution in [-0.4, -0.2) is 29.4 Å². The maximum absolute atomic E-state index is 13.7. The summed E-state index contributed by atoms with van der Waals surface area (Å²) in [5.41, 5.74) is 5.23. The van der Waals surface area contributed by atoms with Crippen LogP contribution in [0.2, 0.25) is 0 Å². The highest BCUT2D eigenvalue weighted by Gasteiger charge is 2.25. The molecule has 0 bridgehead atoms. The van der Waals surface area contributed by atoms with Gasteiger partial charge in [-0.25, -0.2) is 8.78 Å². The summed E-state index contributed by atoms with van der Waals surface area (Å²) in [5.74, 6) is -1.72. The Morgan fingerprint density at radius 3 is 2.38 bits per heavy atom. The topological polar surface area (TPSA) is 79.4 Å². The van der Waals surface area contributed by atoms with Gasteiger partial charge in [-0.3, -0.25) is 9.48 Å². The van der Waals surface area contributed by atoms with E-state index in [0.29, 0.717) is 4.47 Å². The van der Waals surface area contributed by atoms with Gasteiger partial charge in [0, 0.05) is 28.0 Å². The van der Waals surface area contributed by atoms with Crippen LogP contribution >= 0.6 is 15.9 Å². The van der Waals surface area contributed by atoms with Gasteiger partial charge in [0.1, 0.15) is 17.1 Å². The lowest BCUT2D eigenvalue weighted by Gasteiger charge is -2.15. The highest BCUT2D eigenvalue weighted by molar-refractivity contribution is 9.10. The fourth-order valence-electron chi connectivity index (χ4n) is 3.15.